The summed E-state index contributed by atoms with van der Waals surface area (Å²) in [6, 6.07) is 4.28. The van der Waals surface area contributed by atoms with Crippen molar-refractivity contribution in [3.63, 3.8) is 0 Å². The van der Waals surface area contributed by atoms with E-state index in [1.165, 1.54) is 0 Å². The molecule has 1 saturated carbocycles. The Hall–Kier alpha value is -1.25. The molecule has 24 heavy (non-hydrogen) atoms. The molecule has 2 aromatic heterocycles. The van der Waals surface area contributed by atoms with Crippen molar-refractivity contribution in [3.05, 3.63) is 18.3 Å². The zero-order valence-electron chi connectivity index (χ0n) is 14.0. The first kappa shape index (κ1) is 17.6. The lowest BCUT2D eigenvalue weighted by Crippen LogP contribution is -2.37. The van der Waals surface area contributed by atoms with Crippen molar-refractivity contribution >= 4 is 36.8 Å². The summed E-state index contributed by atoms with van der Waals surface area (Å²) in [7, 11) is -3.16. The second-order valence-electron chi connectivity index (χ2n) is 6.65. The summed E-state index contributed by atoms with van der Waals surface area (Å²) < 4.78 is 26.4. The highest BCUT2D eigenvalue weighted by Gasteiger charge is 2.24. The van der Waals surface area contributed by atoms with Crippen molar-refractivity contribution in [2.45, 2.75) is 50.8 Å². The molecule has 1 aliphatic carbocycles. The van der Waals surface area contributed by atoms with E-state index in [1.54, 1.807) is 31.4 Å². The van der Waals surface area contributed by atoms with Crippen LogP contribution in [0.25, 0.3) is 10.3 Å². The molecule has 0 atom stereocenters. The first-order valence-corrected chi connectivity index (χ1v) is 10.8. The number of hydrogen-bond donors (Lipinski definition) is 2. The number of sulfonamides is 1. The number of pyridine rings is 1. The highest BCUT2D eigenvalue weighted by molar-refractivity contribution is 7.90. The number of thiazole rings is 1. The van der Waals surface area contributed by atoms with Crippen LogP contribution < -0.4 is 10.0 Å². The predicted octanol–water partition coefficient (Wildman–Crippen LogP) is 2.99. The highest BCUT2D eigenvalue weighted by atomic mass is 32.2. The monoisotopic (exact) mass is 368 g/mol. The molecule has 1 fully saturated rings. The minimum absolute atomic E-state index is 0.372. The topological polar surface area (TPSA) is 84.0 Å². The Morgan fingerprint density at radius 1 is 1.29 bits per heavy atom. The average molecular weight is 369 g/mol. The van der Waals surface area contributed by atoms with Crippen LogP contribution in [-0.4, -0.2) is 36.2 Å². The maximum atomic E-state index is 11.8. The SMILES string of the molecule is CC(C)S(=O)(=O)NCC1CCC(Nc2nc3cccnc3s2)CC1. The lowest BCUT2D eigenvalue weighted by Gasteiger charge is -2.29. The third kappa shape index (κ3) is 4.23. The van der Waals surface area contributed by atoms with Gasteiger partial charge in [-0.2, -0.15) is 0 Å². The third-order valence-electron chi connectivity index (χ3n) is 4.53. The smallest absolute Gasteiger partial charge is 0.213 e. The van der Waals surface area contributed by atoms with E-state index in [1.807, 2.05) is 12.1 Å². The van der Waals surface area contributed by atoms with Crippen LogP contribution in [0.2, 0.25) is 0 Å². The van der Waals surface area contributed by atoms with Crippen LogP contribution in [0.1, 0.15) is 39.5 Å². The van der Waals surface area contributed by atoms with Gasteiger partial charge in [-0.15, -0.1) is 0 Å². The summed E-state index contributed by atoms with van der Waals surface area (Å²) in [5.41, 5.74) is 0.932. The Bertz CT molecular complexity index is 747. The first-order chi connectivity index (χ1) is 11.4. The predicted molar refractivity (Wildman–Crippen MR) is 98.8 cm³/mol. The molecule has 2 aromatic rings. The fraction of sp³-hybridized carbons (Fsp3) is 0.625. The lowest BCUT2D eigenvalue weighted by atomic mass is 9.86. The molecule has 0 aliphatic heterocycles. The van der Waals surface area contributed by atoms with Crippen LogP contribution in [-0.2, 0) is 10.0 Å². The van der Waals surface area contributed by atoms with Crippen molar-refractivity contribution < 1.29 is 8.42 Å². The van der Waals surface area contributed by atoms with Crippen LogP contribution in [0.3, 0.4) is 0 Å². The third-order valence-corrected chi connectivity index (χ3v) is 7.26. The minimum Gasteiger partial charge on any atom is -0.359 e. The summed E-state index contributed by atoms with van der Waals surface area (Å²) in [6.07, 6.45) is 5.92. The Kier molecular flexibility index (Phi) is 5.36. The molecule has 8 heteroatoms. The fourth-order valence-electron chi connectivity index (χ4n) is 2.92. The van der Waals surface area contributed by atoms with Gasteiger partial charge in [-0.1, -0.05) is 11.3 Å². The Labute approximate surface area is 147 Å². The highest BCUT2D eigenvalue weighted by Crippen LogP contribution is 2.29. The maximum absolute atomic E-state index is 11.8. The standard InChI is InChI=1S/C16H24N4O2S2/c1-11(2)24(21,22)18-10-12-5-7-13(8-6-12)19-16-20-14-4-3-9-17-15(14)23-16/h3-4,9,11-13,18H,5-8,10H2,1-2H3,(H,19,20). The van der Waals surface area contributed by atoms with E-state index in [2.05, 4.69) is 20.0 Å². The van der Waals surface area contributed by atoms with Crippen LogP contribution in [0.5, 0.6) is 0 Å². The van der Waals surface area contributed by atoms with Crippen LogP contribution in [0.4, 0.5) is 5.13 Å². The van der Waals surface area contributed by atoms with Crippen LogP contribution in [0.15, 0.2) is 18.3 Å². The number of aromatic nitrogens is 2. The van der Waals surface area contributed by atoms with Crippen molar-refractivity contribution in [3.8, 4) is 0 Å². The summed E-state index contributed by atoms with van der Waals surface area (Å²) in [4.78, 5) is 9.84. The quantitative estimate of drug-likeness (QED) is 0.819. The minimum atomic E-state index is -3.16. The lowest BCUT2D eigenvalue weighted by molar-refractivity contribution is 0.337. The molecule has 6 nitrogen and oxygen atoms in total. The van der Waals surface area contributed by atoms with Crippen LogP contribution in [0, 0.1) is 5.92 Å². The maximum Gasteiger partial charge on any atom is 0.213 e. The van der Waals surface area contributed by atoms with Gasteiger partial charge in [0.05, 0.1) is 5.25 Å². The molecule has 0 bridgehead atoms. The molecule has 0 unspecified atom stereocenters. The van der Waals surface area contributed by atoms with Gasteiger partial charge < -0.3 is 5.32 Å². The molecule has 0 saturated heterocycles. The Morgan fingerprint density at radius 3 is 2.71 bits per heavy atom. The summed E-state index contributed by atoms with van der Waals surface area (Å²) in [6.45, 7) is 3.96. The normalized spacial score (nSPS) is 22.1. The van der Waals surface area contributed by atoms with E-state index in [9.17, 15) is 8.42 Å². The van der Waals surface area contributed by atoms with Crippen LogP contribution >= 0.6 is 11.3 Å². The number of fused-ring (bicyclic) bond motifs is 1. The first-order valence-electron chi connectivity index (χ1n) is 8.40. The van der Waals surface area contributed by atoms with Crippen molar-refractivity contribution in [1.29, 1.82) is 0 Å². The van der Waals surface area contributed by atoms with E-state index in [0.717, 1.165) is 41.2 Å². The van der Waals surface area contributed by atoms with E-state index in [4.69, 9.17) is 0 Å². The van der Waals surface area contributed by atoms with Gasteiger partial charge in [0.2, 0.25) is 10.0 Å². The van der Waals surface area contributed by atoms with Gasteiger partial charge in [-0.05, 0) is 57.6 Å². The second kappa shape index (κ2) is 7.33. The van der Waals surface area contributed by atoms with Gasteiger partial charge in [0.25, 0.3) is 0 Å². The molecular formula is C16H24N4O2S2. The number of nitrogens with one attached hydrogen (secondary N) is 2. The van der Waals surface area contributed by atoms with Crippen molar-refractivity contribution in [1.82, 2.24) is 14.7 Å². The molecule has 3 rings (SSSR count). The molecule has 2 heterocycles. The molecular weight excluding hydrogens is 344 g/mol. The van der Waals surface area contributed by atoms with Crippen molar-refractivity contribution in [2.75, 3.05) is 11.9 Å². The molecule has 2 N–H and O–H groups in total. The summed E-state index contributed by atoms with van der Waals surface area (Å²) in [5, 5.41) is 4.06. The van der Waals surface area contributed by atoms with Gasteiger partial charge >= 0.3 is 0 Å². The molecule has 0 spiro atoms. The fourth-order valence-corrected chi connectivity index (χ4v) is 4.60. The van der Waals surface area contributed by atoms with Gasteiger partial charge in [0, 0.05) is 18.8 Å². The van der Waals surface area contributed by atoms with E-state index in [0.29, 0.717) is 18.5 Å². The molecule has 0 aromatic carbocycles. The molecule has 1 aliphatic rings. The molecule has 132 valence electrons. The average Bonchev–Trinajstić information content (AvgIpc) is 2.96. The largest absolute Gasteiger partial charge is 0.359 e. The summed E-state index contributed by atoms with van der Waals surface area (Å²) >= 11 is 1.58. The van der Waals surface area contributed by atoms with E-state index >= 15 is 0 Å². The zero-order chi connectivity index (χ0) is 17.2. The van der Waals surface area contributed by atoms with Gasteiger partial charge in [0.15, 0.2) is 5.13 Å². The Balaban J connectivity index is 1.48. The molecule has 0 amide bonds. The van der Waals surface area contributed by atoms with Crippen molar-refractivity contribution in [2.24, 2.45) is 5.92 Å². The van der Waals surface area contributed by atoms with Gasteiger partial charge in [0.1, 0.15) is 10.3 Å². The van der Waals surface area contributed by atoms with E-state index < -0.39 is 10.0 Å². The van der Waals surface area contributed by atoms with Gasteiger partial charge in [-0.25, -0.2) is 23.1 Å². The van der Waals surface area contributed by atoms with Gasteiger partial charge in [-0.3, -0.25) is 0 Å². The molecule has 0 radical (unpaired) electrons. The number of hydrogen-bond acceptors (Lipinski definition) is 6. The number of rotatable bonds is 6. The van der Waals surface area contributed by atoms with E-state index in [-0.39, 0.29) is 5.25 Å². The summed E-state index contributed by atoms with van der Waals surface area (Å²) in [5.74, 6) is 0.425. The zero-order valence-corrected chi connectivity index (χ0v) is 15.7. The number of anilines is 1. The number of nitrogens with zero attached hydrogens (tertiary/aromatic N) is 2. The Morgan fingerprint density at radius 2 is 2.04 bits per heavy atom. The second-order valence-corrected chi connectivity index (χ2v) is 9.95.